The summed E-state index contributed by atoms with van der Waals surface area (Å²) in [6, 6.07) is 8.27. The zero-order valence-corrected chi connectivity index (χ0v) is 24.2. The number of ether oxygens (including phenoxy) is 3. The maximum atomic E-state index is 13.8. The van der Waals surface area contributed by atoms with Crippen molar-refractivity contribution in [2.75, 3.05) is 26.9 Å². The number of hydrogen-bond donors (Lipinski definition) is 0. The normalized spacial score (nSPS) is 14.9. The number of rotatable bonds is 13. The highest BCUT2D eigenvalue weighted by Gasteiger charge is 2.42. The third-order valence-corrected chi connectivity index (χ3v) is 7.41. The molecule has 1 aliphatic heterocycles. The van der Waals surface area contributed by atoms with E-state index in [2.05, 4.69) is 6.92 Å². The van der Waals surface area contributed by atoms with Crippen LogP contribution in [0.15, 0.2) is 39.5 Å². The van der Waals surface area contributed by atoms with Crippen LogP contribution in [0.1, 0.15) is 86.2 Å². The van der Waals surface area contributed by atoms with Crippen molar-refractivity contribution in [2.24, 2.45) is 0 Å². The fourth-order valence-electron chi connectivity index (χ4n) is 4.96. The largest absolute Gasteiger partial charge is 0.493 e. The van der Waals surface area contributed by atoms with Gasteiger partial charge in [-0.2, -0.15) is 0 Å². The second-order valence-corrected chi connectivity index (χ2v) is 10.7. The zero-order chi connectivity index (χ0) is 28.1. The second-order valence-electron chi connectivity index (χ2n) is 10.3. The molecule has 0 saturated carbocycles. The molecule has 1 aliphatic rings. The summed E-state index contributed by atoms with van der Waals surface area (Å²) in [4.78, 5) is 29.2. The molecule has 0 spiro atoms. The summed E-state index contributed by atoms with van der Waals surface area (Å²) in [7, 11) is 1.59. The summed E-state index contributed by atoms with van der Waals surface area (Å²) in [5.74, 6) is 0.934. The number of hydrogen-bond acceptors (Lipinski definition) is 6. The van der Waals surface area contributed by atoms with Gasteiger partial charge in [0.2, 0.25) is 5.76 Å². The van der Waals surface area contributed by atoms with E-state index in [1.54, 1.807) is 24.1 Å². The van der Waals surface area contributed by atoms with Crippen LogP contribution in [0.4, 0.5) is 0 Å². The van der Waals surface area contributed by atoms with Crippen LogP contribution in [0, 0.1) is 6.92 Å². The Morgan fingerprint density at radius 1 is 1.03 bits per heavy atom. The minimum absolute atomic E-state index is 0.0687. The van der Waals surface area contributed by atoms with Crippen LogP contribution >= 0.6 is 11.6 Å². The van der Waals surface area contributed by atoms with Crippen LogP contribution in [0.5, 0.6) is 11.5 Å². The predicted octanol–water partition coefficient (Wildman–Crippen LogP) is 7.08. The minimum atomic E-state index is -0.639. The molecule has 0 aliphatic carbocycles. The van der Waals surface area contributed by atoms with Crippen molar-refractivity contribution < 1.29 is 23.4 Å². The first-order valence-electron chi connectivity index (χ1n) is 13.8. The van der Waals surface area contributed by atoms with E-state index in [-0.39, 0.29) is 23.2 Å². The van der Waals surface area contributed by atoms with Crippen LogP contribution in [0.25, 0.3) is 11.0 Å². The molecule has 39 heavy (non-hydrogen) atoms. The van der Waals surface area contributed by atoms with Crippen LogP contribution in [0.2, 0.25) is 5.02 Å². The van der Waals surface area contributed by atoms with Gasteiger partial charge in [0.25, 0.3) is 5.91 Å². The Labute approximate surface area is 235 Å². The van der Waals surface area contributed by atoms with Crippen LogP contribution < -0.4 is 14.9 Å². The van der Waals surface area contributed by atoms with Crippen molar-refractivity contribution in [2.45, 2.75) is 71.9 Å². The van der Waals surface area contributed by atoms with Crippen molar-refractivity contribution in [1.29, 1.82) is 0 Å². The standard InChI is InChI=1S/C31H38ClNO6/c1-6-7-8-9-14-38-24-12-11-21(17-26(24)36-5)28-27-29(34)22-18-23(32)20(4)16-25(22)39-30(27)31(35)33(28)13-10-15-37-19(2)3/h11-12,16-19,28H,6-10,13-15H2,1-5H3. The first kappa shape index (κ1) is 29.0. The van der Waals surface area contributed by atoms with E-state index in [0.717, 1.165) is 30.4 Å². The molecule has 0 bridgehead atoms. The molecule has 0 saturated heterocycles. The number of fused-ring (bicyclic) bond motifs is 2. The predicted molar refractivity (Wildman–Crippen MR) is 153 cm³/mol. The van der Waals surface area contributed by atoms with Crippen molar-refractivity contribution in [3.63, 3.8) is 0 Å². The van der Waals surface area contributed by atoms with Gasteiger partial charge >= 0.3 is 0 Å². The van der Waals surface area contributed by atoms with E-state index in [9.17, 15) is 9.59 Å². The molecule has 2 heterocycles. The van der Waals surface area contributed by atoms with E-state index >= 15 is 0 Å². The lowest BCUT2D eigenvalue weighted by Gasteiger charge is -2.26. The molecule has 8 heteroatoms. The van der Waals surface area contributed by atoms with Gasteiger partial charge in [-0.05, 0) is 69.0 Å². The molecule has 7 nitrogen and oxygen atoms in total. The van der Waals surface area contributed by atoms with Gasteiger partial charge in [-0.3, -0.25) is 9.59 Å². The summed E-state index contributed by atoms with van der Waals surface area (Å²) in [5.41, 5.74) is 1.91. The average molecular weight is 556 g/mol. The van der Waals surface area contributed by atoms with Gasteiger partial charge in [0.05, 0.1) is 36.8 Å². The SMILES string of the molecule is CCCCCCOc1ccc(C2c3c(oc4cc(C)c(Cl)cc4c3=O)C(=O)N2CCCOC(C)C)cc1OC. The first-order valence-corrected chi connectivity index (χ1v) is 14.1. The molecule has 1 unspecified atom stereocenters. The number of benzene rings is 2. The summed E-state index contributed by atoms with van der Waals surface area (Å²) >= 11 is 6.36. The topological polar surface area (TPSA) is 78.2 Å². The molecule has 210 valence electrons. The number of halogens is 1. The van der Waals surface area contributed by atoms with Crippen molar-refractivity contribution in [3.05, 3.63) is 68.0 Å². The number of nitrogens with zero attached hydrogens (tertiary/aromatic N) is 1. The van der Waals surface area contributed by atoms with Gasteiger partial charge in [0.15, 0.2) is 16.9 Å². The smallest absolute Gasteiger partial charge is 0.290 e. The number of unbranched alkanes of at least 4 members (excludes halogenated alkanes) is 3. The lowest BCUT2D eigenvalue weighted by atomic mass is 9.97. The summed E-state index contributed by atoms with van der Waals surface area (Å²) in [6.07, 6.45) is 5.12. The lowest BCUT2D eigenvalue weighted by Crippen LogP contribution is -2.31. The molecular formula is C31H38ClNO6. The Kier molecular flexibility index (Phi) is 9.57. The Balaban J connectivity index is 1.74. The highest BCUT2D eigenvalue weighted by Crippen LogP contribution is 2.41. The summed E-state index contributed by atoms with van der Waals surface area (Å²) < 4.78 is 23.5. The number of amides is 1. The number of carbonyl (C=O) groups excluding carboxylic acids is 1. The van der Waals surface area contributed by atoms with E-state index in [1.165, 1.54) is 6.42 Å². The Morgan fingerprint density at radius 2 is 1.82 bits per heavy atom. The highest BCUT2D eigenvalue weighted by molar-refractivity contribution is 6.32. The zero-order valence-electron chi connectivity index (χ0n) is 23.5. The number of aryl methyl sites for hydroxylation is 1. The second kappa shape index (κ2) is 12.9. The first-order chi connectivity index (χ1) is 18.8. The Morgan fingerprint density at radius 3 is 2.54 bits per heavy atom. The van der Waals surface area contributed by atoms with Gasteiger partial charge in [0, 0.05) is 18.2 Å². The molecule has 3 aromatic rings. The molecular weight excluding hydrogens is 518 g/mol. The average Bonchev–Trinajstić information content (AvgIpc) is 3.19. The molecule has 1 aromatic heterocycles. The fraction of sp³-hybridized carbons (Fsp3) is 0.484. The quantitative estimate of drug-likeness (QED) is 0.210. The van der Waals surface area contributed by atoms with E-state index in [4.69, 9.17) is 30.2 Å². The Hall–Kier alpha value is -3.03. The van der Waals surface area contributed by atoms with Gasteiger partial charge < -0.3 is 23.5 Å². The number of methoxy groups -OCH3 is 1. The maximum absolute atomic E-state index is 13.8. The monoisotopic (exact) mass is 555 g/mol. The van der Waals surface area contributed by atoms with Crippen LogP contribution in [-0.2, 0) is 4.74 Å². The molecule has 2 aromatic carbocycles. The fourth-order valence-corrected chi connectivity index (χ4v) is 5.12. The highest BCUT2D eigenvalue weighted by atomic mass is 35.5. The third-order valence-electron chi connectivity index (χ3n) is 7.00. The van der Waals surface area contributed by atoms with Crippen LogP contribution in [-0.4, -0.2) is 43.8 Å². The molecule has 0 radical (unpaired) electrons. The van der Waals surface area contributed by atoms with E-state index in [0.29, 0.717) is 59.2 Å². The number of carbonyl (C=O) groups is 1. The van der Waals surface area contributed by atoms with E-state index < -0.39 is 6.04 Å². The van der Waals surface area contributed by atoms with Gasteiger partial charge in [-0.25, -0.2) is 0 Å². The molecule has 0 fully saturated rings. The minimum Gasteiger partial charge on any atom is -0.493 e. The molecule has 0 N–H and O–H groups in total. The lowest BCUT2D eigenvalue weighted by molar-refractivity contribution is 0.0593. The Bertz CT molecular complexity index is 1380. The maximum Gasteiger partial charge on any atom is 0.290 e. The van der Waals surface area contributed by atoms with Crippen molar-refractivity contribution in [1.82, 2.24) is 4.90 Å². The van der Waals surface area contributed by atoms with Gasteiger partial charge in [-0.1, -0.05) is 43.9 Å². The van der Waals surface area contributed by atoms with Gasteiger partial charge in [0.1, 0.15) is 5.58 Å². The van der Waals surface area contributed by atoms with Gasteiger partial charge in [-0.15, -0.1) is 0 Å². The molecule has 1 amide bonds. The molecule has 4 rings (SSSR count). The summed E-state index contributed by atoms with van der Waals surface area (Å²) in [6.45, 7) is 9.44. The van der Waals surface area contributed by atoms with E-state index in [1.807, 2.05) is 39.0 Å². The molecule has 1 atom stereocenters. The van der Waals surface area contributed by atoms with Crippen molar-refractivity contribution in [3.8, 4) is 11.5 Å². The summed E-state index contributed by atoms with van der Waals surface area (Å²) in [5, 5.41) is 0.826. The third kappa shape index (κ3) is 6.25. The van der Waals surface area contributed by atoms with Crippen LogP contribution in [0.3, 0.4) is 0 Å². The van der Waals surface area contributed by atoms with Crippen molar-refractivity contribution >= 4 is 28.5 Å².